The largest absolute Gasteiger partial charge is 0.439 e. The fourth-order valence-corrected chi connectivity index (χ4v) is 2.64. The molecule has 23 heavy (non-hydrogen) atoms. The van der Waals surface area contributed by atoms with Crippen molar-refractivity contribution in [3.63, 3.8) is 0 Å². The van der Waals surface area contributed by atoms with E-state index in [9.17, 15) is 9.59 Å². The molecule has 1 aromatic heterocycles. The number of imide groups is 1. The number of benzene rings is 2. The molecule has 112 valence electrons. The molecule has 2 aromatic carbocycles. The van der Waals surface area contributed by atoms with Crippen LogP contribution in [0.25, 0.3) is 11.3 Å². The van der Waals surface area contributed by atoms with Crippen LogP contribution in [0.3, 0.4) is 0 Å². The Hall–Kier alpha value is -3.21. The highest BCUT2D eigenvalue weighted by Gasteiger charge is 2.35. The van der Waals surface area contributed by atoms with Gasteiger partial charge < -0.3 is 4.42 Å². The van der Waals surface area contributed by atoms with Crippen LogP contribution in [0.4, 0.5) is 0 Å². The zero-order valence-corrected chi connectivity index (χ0v) is 12.1. The van der Waals surface area contributed by atoms with Crippen LogP contribution in [-0.2, 0) is 6.54 Å². The van der Waals surface area contributed by atoms with Crippen LogP contribution in [0.5, 0.6) is 0 Å². The SMILES string of the molecule is O=C1c2ccccc2C(=O)N1Cc1ncc(-c2ccccc2)o1. The van der Waals surface area contributed by atoms with Crippen molar-refractivity contribution in [2.45, 2.75) is 6.54 Å². The number of oxazole rings is 1. The molecule has 0 fully saturated rings. The minimum absolute atomic E-state index is 0.0270. The van der Waals surface area contributed by atoms with E-state index in [0.29, 0.717) is 22.8 Å². The highest BCUT2D eigenvalue weighted by Crippen LogP contribution is 2.25. The fourth-order valence-electron chi connectivity index (χ4n) is 2.64. The predicted octanol–water partition coefficient (Wildman–Crippen LogP) is 3.14. The average molecular weight is 304 g/mol. The Kier molecular flexibility index (Phi) is 3.05. The van der Waals surface area contributed by atoms with Gasteiger partial charge in [-0.25, -0.2) is 4.98 Å². The zero-order valence-electron chi connectivity index (χ0n) is 12.1. The number of nitrogens with zero attached hydrogens (tertiary/aromatic N) is 2. The maximum atomic E-state index is 12.3. The molecule has 0 radical (unpaired) electrons. The number of rotatable bonds is 3. The van der Waals surface area contributed by atoms with Crippen molar-refractivity contribution in [1.29, 1.82) is 0 Å². The second-order valence-corrected chi connectivity index (χ2v) is 5.23. The smallest absolute Gasteiger partial charge is 0.262 e. The third-order valence-corrected chi connectivity index (χ3v) is 3.78. The number of carbonyl (C=O) groups excluding carboxylic acids is 2. The Balaban J connectivity index is 1.60. The van der Waals surface area contributed by atoms with Crippen LogP contribution in [0.15, 0.2) is 65.2 Å². The van der Waals surface area contributed by atoms with Gasteiger partial charge in [0.05, 0.1) is 17.3 Å². The summed E-state index contributed by atoms with van der Waals surface area (Å²) in [5.41, 5.74) is 1.74. The van der Waals surface area contributed by atoms with Crippen LogP contribution >= 0.6 is 0 Å². The topological polar surface area (TPSA) is 63.4 Å². The van der Waals surface area contributed by atoms with Gasteiger partial charge in [0.1, 0.15) is 6.54 Å². The minimum atomic E-state index is -0.315. The van der Waals surface area contributed by atoms with Gasteiger partial charge in [-0.05, 0) is 12.1 Å². The van der Waals surface area contributed by atoms with E-state index in [1.807, 2.05) is 30.3 Å². The fraction of sp³-hybridized carbons (Fsp3) is 0.0556. The van der Waals surface area contributed by atoms with Crippen LogP contribution in [0.2, 0.25) is 0 Å². The molecule has 2 heterocycles. The van der Waals surface area contributed by atoms with E-state index < -0.39 is 0 Å². The van der Waals surface area contributed by atoms with Gasteiger partial charge in [-0.15, -0.1) is 0 Å². The number of aromatic nitrogens is 1. The summed E-state index contributed by atoms with van der Waals surface area (Å²) in [4.78, 5) is 30.0. The lowest BCUT2D eigenvalue weighted by Gasteiger charge is -2.10. The molecule has 2 amide bonds. The lowest BCUT2D eigenvalue weighted by atomic mass is 10.1. The summed E-state index contributed by atoms with van der Waals surface area (Å²) in [5, 5.41) is 0. The molecule has 1 aliphatic heterocycles. The number of fused-ring (bicyclic) bond motifs is 1. The van der Waals surface area contributed by atoms with Gasteiger partial charge in [-0.2, -0.15) is 0 Å². The third kappa shape index (κ3) is 2.23. The van der Waals surface area contributed by atoms with Gasteiger partial charge in [0.25, 0.3) is 11.8 Å². The molecular weight excluding hydrogens is 292 g/mol. The summed E-state index contributed by atoms with van der Waals surface area (Å²) in [5.74, 6) is 0.311. The average Bonchev–Trinajstić information content (AvgIpc) is 3.16. The molecule has 0 saturated heterocycles. The molecule has 0 aliphatic carbocycles. The maximum Gasteiger partial charge on any atom is 0.262 e. The first-order valence-electron chi connectivity index (χ1n) is 7.19. The van der Waals surface area contributed by atoms with Crippen molar-refractivity contribution in [2.75, 3.05) is 0 Å². The molecule has 5 heteroatoms. The summed E-state index contributed by atoms with van der Waals surface area (Å²) in [6.07, 6.45) is 1.60. The predicted molar refractivity (Wildman–Crippen MR) is 82.6 cm³/mol. The van der Waals surface area contributed by atoms with E-state index in [2.05, 4.69) is 4.98 Å². The van der Waals surface area contributed by atoms with Crippen LogP contribution in [0.1, 0.15) is 26.6 Å². The third-order valence-electron chi connectivity index (χ3n) is 3.78. The highest BCUT2D eigenvalue weighted by atomic mass is 16.4. The first kappa shape index (κ1) is 13.5. The van der Waals surface area contributed by atoms with Gasteiger partial charge in [-0.3, -0.25) is 14.5 Å². The Morgan fingerprint density at radius 3 is 2.13 bits per heavy atom. The molecule has 0 saturated carbocycles. The second kappa shape index (κ2) is 5.21. The van der Waals surface area contributed by atoms with E-state index >= 15 is 0 Å². The first-order chi connectivity index (χ1) is 11.2. The number of amides is 2. The number of hydrogen-bond donors (Lipinski definition) is 0. The van der Waals surface area contributed by atoms with E-state index in [4.69, 9.17) is 4.42 Å². The van der Waals surface area contributed by atoms with Crippen molar-refractivity contribution in [3.8, 4) is 11.3 Å². The van der Waals surface area contributed by atoms with E-state index in [1.165, 1.54) is 0 Å². The maximum absolute atomic E-state index is 12.3. The molecule has 0 spiro atoms. The van der Waals surface area contributed by atoms with E-state index in [-0.39, 0.29) is 18.4 Å². The van der Waals surface area contributed by atoms with Crippen molar-refractivity contribution < 1.29 is 14.0 Å². The molecule has 5 nitrogen and oxygen atoms in total. The van der Waals surface area contributed by atoms with Crippen LogP contribution in [-0.4, -0.2) is 21.7 Å². The zero-order chi connectivity index (χ0) is 15.8. The Labute approximate surface area is 132 Å². The molecule has 1 aliphatic rings. The second-order valence-electron chi connectivity index (χ2n) is 5.23. The minimum Gasteiger partial charge on any atom is -0.439 e. The Bertz CT molecular complexity index is 864. The summed E-state index contributed by atoms with van der Waals surface area (Å²) in [6, 6.07) is 16.3. The molecule has 3 aromatic rings. The highest BCUT2D eigenvalue weighted by molar-refractivity contribution is 6.21. The van der Waals surface area contributed by atoms with Gasteiger partial charge >= 0.3 is 0 Å². The van der Waals surface area contributed by atoms with E-state index in [0.717, 1.165) is 10.5 Å². The summed E-state index contributed by atoms with van der Waals surface area (Å²) >= 11 is 0. The van der Waals surface area contributed by atoms with E-state index in [1.54, 1.807) is 30.5 Å². The number of hydrogen-bond acceptors (Lipinski definition) is 4. The van der Waals surface area contributed by atoms with Crippen molar-refractivity contribution in [2.24, 2.45) is 0 Å². The molecule has 0 unspecified atom stereocenters. The quantitative estimate of drug-likeness (QED) is 0.697. The summed E-state index contributed by atoms with van der Waals surface area (Å²) < 4.78 is 5.67. The monoisotopic (exact) mass is 304 g/mol. The first-order valence-corrected chi connectivity index (χ1v) is 7.19. The van der Waals surface area contributed by atoms with Gasteiger partial charge in [0.15, 0.2) is 5.76 Å². The van der Waals surface area contributed by atoms with Crippen molar-refractivity contribution in [1.82, 2.24) is 9.88 Å². The lowest BCUT2D eigenvalue weighted by Crippen LogP contribution is -2.29. The molecule has 0 bridgehead atoms. The van der Waals surface area contributed by atoms with Gasteiger partial charge in [-0.1, -0.05) is 42.5 Å². The standard InChI is InChI=1S/C18H12N2O3/c21-17-13-8-4-5-9-14(13)18(22)20(17)11-16-19-10-15(23-16)12-6-2-1-3-7-12/h1-10H,11H2. The van der Waals surface area contributed by atoms with Crippen LogP contribution < -0.4 is 0 Å². The summed E-state index contributed by atoms with van der Waals surface area (Å²) in [7, 11) is 0. The van der Waals surface area contributed by atoms with Crippen molar-refractivity contribution >= 4 is 11.8 Å². The lowest BCUT2D eigenvalue weighted by molar-refractivity contribution is 0.0629. The molecule has 0 N–H and O–H groups in total. The van der Waals surface area contributed by atoms with Gasteiger partial charge in [0.2, 0.25) is 5.89 Å². The summed E-state index contributed by atoms with van der Waals surface area (Å²) in [6.45, 7) is 0.0270. The Morgan fingerprint density at radius 1 is 0.870 bits per heavy atom. The van der Waals surface area contributed by atoms with Gasteiger partial charge in [0, 0.05) is 5.56 Å². The molecule has 4 rings (SSSR count). The van der Waals surface area contributed by atoms with Crippen LogP contribution in [0, 0.1) is 0 Å². The van der Waals surface area contributed by atoms with Crippen molar-refractivity contribution in [3.05, 3.63) is 77.8 Å². The normalized spacial score (nSPS) is 13.5. The molecular formula is C18H12N2O3. The molecule has 0 atom stereocenters. The number of carbonyl (C=O) groups is 2. The Morgan fingerprint density at radius 2 is 1.48 bits per heavy atom.